The highest BCUT2D eigenvalue weighted by molar-refractivity contribution is 5.93. The normalized spacial score (nSPS) is 11.0. The van der Waals surface area contributed by atoms with Crippen LogP contribution in [0, 0.1) is 12.7 Å². The number of benzene rings is 2. The summed E-state index contributed by atoms with van der Waals surface area (Å²) in [6, 6.07) is 14.6. The molecule has 0 atom stereocenters. The highest BCUT2D eigenvalue weighted by Gasteiger charge is 2.16. The van der Waals surface area contributed by atoms with Gasteiger partial charge in [-0.2, -0.15) is 0 Å². The lowest BCUT2D eigenvalue weighted by atomic mass is 10.1. The summed E-state index contributed by atoms with van der Waals surface area (Å²) in [5.41, 5.74) is 4.37. The molecule has 124 valence electrons. The number of hydrogen-bond acceptors (Lipinski definition) is 5. The molecule has 0 spiro atoms. The first-order chi connectivity index (χ1) is 12.2. The molecule has 0 aliphatic carbocycles. The molecule has 0 amide bonds. The van der Waals surface area contributed by atoms with E-state index in [1.54, 1.807) is 18.2 Å². The molecule has 0 aliphatic heterocycles. The Labute approximate surface area is 143 Å². The molecule has 25 heavy (non-hydrogen) atoms. The Morgan fingerprint density at radius 2 is 1.84 bits per heavy atom. The zero-order chi connectivity index (χ0) is 17.2. The first kappa shape index (κ1) is 15.3. The van der Waals surface area contributed by atoms with E-state index in [4.69, 9.17) is 4.52 Å². The van der Waals surface area contributed by atoms with Gasteiger partial charge < -0.3 is 9.84 Å². The SMILES string of the molecule is Cc1ccc(-c2noc3c(NCc4ccccc4F)ncnc23)cc1. The molecule has 6 heteroatoms. The van der Waals surface area contributed by atoms with E-state index >= 15 is 0 Å². The lowest BCUT2D eigenvalue weighted by molar-refractivity contribution is 0.459. The summed E-state index contributed by atoms with van der Waals surface area (Å²) in [5.74, 6) is 0.220. The van der Waals surface area contributed by atoms with Crippen molar-refractivity contribution < 1.29 is 8.91 Å². The van der Waals surface area contributed by atoms with Crippen LogP contribution in [-0.2, 0) is 6.54 Å². The van der Waals surface area contributed by atoms with Crippen molar-refractivity contribution in [2.24, 2.45) is 0 Å². The van der Waals surface area contributed by atoms with Gasteiger partial charge in [-0.05, 0) is 13.0 Å². The van der Waals surface area contributed by atoms with Crippen LogP contribution in [0.25, 0.3) is 22.4 Å². The summed E-state index contributed by atoms with van der Waals surface area (Å²) in [4.78, 5) is 8.49. The van der Waals surface area contributed by atoms with E-state index in [1.165, 1.54) is 18.0 Å². The molecular weight excluding hydrogens is 319 g/mol. The summed E-state index contributed by atoms with van der Waals surface area (Å²) < 4.78 is 19.2. The molecule has 0 radical (unpaired) electrons. The topological polar surface area (TPSA) is 63.8 Å². The average molecular weight is 334 g/mol. The van der Waals surface area contributed by atoms with Gasteiger partial charge in [0.15, 0.2) is 5.82 Å². The molecule has 2 heterocycles. The van der Waals surface area contributed by atoms with Crippen LogP contribution in [0.15, 0.2) is 59.4 Å². The van der Waals surface area contributed by atoms with Gasteiger partial charge in [-0.3, -0.25) is 0 Å². The molecule has 2 aromatic carbocycles. The maximum Gasteiger partial charge on any atom is 0.228 e. The Balaban J connectivity index is 1.67. The van der Waals surface area contributed by atoms with E-state index < -0.39 is 0 Å². The highest BCUT2D eigenvalue weighted by Crippen LogP contribution is 2.29. The fourth-order valence-corrected chi connectivity index (χ4v) is 2.61. The Hall–Kier alpha value is -3.28. The third-order valence-corrected chi connectivity index (χ3v) is 3.99. The summed E-state index contributed by atoms with van der Waals surface area (Å²) in [6.45, 7) is 2.32. The van der Waals surface area contributed by atoms with Crippen molar-refractivity contribution in [2.75, 3.05) is 5.32 Å². The molecule has 0 saturated carbocycles. The number of fused-ring (bicyclic) bond motifs is 1. The Bertz CT molecular complexity index is 1030. The zero-order valence-electron chi connectivity index (χ0n) is 13.5. The number of rotatable bonds is 4. The van der Waals surface area contributed by atoms with E-state index in [0.717, 1.165) is 5.56 Å². The van der Waals surface area contributed by atoms with E-state index in [1.807, 2.05) is 31.2 Å². The van der Waals surface area contributed by atoms with Crippen molar-refractivity contribution in [1.82, 2.24) is 15.1 Å². The summed E-state index contributed by atoms with van der Waals surface area (Å²) in [6.07, 6.45) is 1.45. The monoisotopic (exact) mass is 334 g/mol. The van der Waals surface area contributed by atoms with Gasteiger partial charge in [-0.15, -0.1) is 0 Å². The number of halogens is 1. The molecule has 2 aromatic heterocycles. The lowest BCUT2D eigenvalue weighted by Gasteiger charge is -2.06. The van der Waals surface area contributed by atoms with Crippen molar-refractivity contribution in [1.29, 1.82) is 0 Å². The van der Waals surface area contributed by atoms with Crippen LogP contribution in [0.2, 0.25) is 0 Å². The molecule has 0 unspecified atom stereocenters. The van der Waals surface area contributed by atoms with Crippen molar-refractivity contribution in [3.8, 4) is 11.3 Å². The van der Waals surface area contributed by atoms with Crippen LogP contribution in [-0.4, -0.2) is 15.1 Å². The summed E-state index contributed by atoms with van der Waals surface area (Å²) >= 11 is 0. The number of nitrogens with zero attached hydrogens (tertiary/aromatic N) is 3. The number of aryl methyl sites for hydroxylation is 1. The fourth-order valence-electron chi connectivity index (χ4n) is 2.61. The van der Waals surface area contributed by atoms with Gasteiger partial charge in [0.1, 0.15) is 23.4 Å². The van der Waals surface area contributed by atoms with Gasteiger partial charge in [0.2, 0.25) is 5.58 Å². The molecule has 4 rings (SSSR count). The fraction of sp³-hybridized carbons (Fsp3) is 0.105. The van der Waals surface area contributed by atoms with Crippen LogP contribution in [0.3, 0.4) is 0 Å². The van der Waals surface area contributed by atoms with Gasteiger partial charge in [-0.25, -0.2) is 14.4 Å². The Morgan fingerprint density at radius 1 is 1.04 bits per heavy atom. The molecule has 0 fully saturated rings. The number of aromatic nitrogens is 3. The molecule has 0 saturated heterocycles. The molecule has 1 N–H and O–H groups in total. The second kappa shape index (κ2) is 6.32. The van der Waals surface area contributed by atoms with Gasteiger partial charge in [-0.1, -0.05) is 53.2 Å². The van der Waals surface area contributed by atoms with Crippen molar-refractivity contribution >= 4 is 16.9 Å². The van der Waals surface area contributed by atoms with Crippen LogP contribution in [0.4, 0.5) is 10.2 Å². The van der Waals surface area contributed by atoms with Crippen LogP contribution >= 0.6 is 0 Å². The Morgan fingerprint density at radius 3 is 2.64 bits per heavy atom. The third kappa shape index (κ3) is 2.94. The average Bonchev–Trinajstić information content (AvgIpc) is 3.06. The standard InChI is InChI=1S/C19H15FN4O/c1-12-6-8-13(9-7-12)16-17-18(25-24-16)19(23-11-22-17)21-10-14-4-2-3-5-15(14)20/h2-9,11H,10H2,1H3,(H,21,22,23). The maximum absolute atomic E-state index is 13.8. The van der Waals surface area contributed by atoms with E-state index in [9.17, 15) is 4.39 Å². The van der Waals surface area contributed by atoms with Gasteiger partial charge in [0.25, 0.3) is 0 Å². The second-order valence-corrected chi connectivity index (χ2v) is 5.74. The predicted octanol–water partition coefficient (Wildman–Crippen LogP) is 4.34. The maximum atomic E-state index is 13.8. The van der Waals surface area contributed by atoms with E-state index in [-0.39, 0.29) is 5.82 Å². The first-order valence-corrected chi connectivity index (χ1v) is 7.87. The van der Waals surface area contributed by atoms with Gasteiger partial charge >= 0.3 is 0 Å². The minimum Gasteiger partial charge on any atom is -0.363 e. The van der Waals surface area contributed by atoms with Crippen molar-refractivity contribution in [3.63, 3.8) is 0 Å². The van der Waals surface area contributed by atoms with Crippen LogP contribution in [0.5, 0.6) is 0 Å². The van der Waals surface area contributed by atoms with Gasteiger partial charge in [0, 0.05) is 17.7 Å². The molecule has 5 nitrogen and oxygen atoms in total. The highest BCUT2D eigenvalue weighted by atomic mass is 19.1. The quantitative estimate of drug-likeness (QED) is 0.601. The molecule has 0 aliphatic rings. The number of nitrogens with one attached hydrogen (secondary N) is 1. The smallest absolute Gasteiger partial charge is 0.228 e. The molecule has 4 aromatic rings. The Kier molecular flexibility index (Phi) is 3.85. The van der Waals surface area contributed by atoms with E-state index in [0.29, 0.717) is 34.7 Å². The first-order valence-electron chi connectivity index (χ1n) is 7.87. The largest absolute Gasteiger partial charge is 0.363 e. The predicted molar refractivity (Wildman–Crippen MR) is 93.5 cm³/mol. The molecule has 0 bridgehead atoms. The second-order valence-electron chi connectivity index (χ2n) is 5.74. The lowest BCUT2D eigenvalue weighted by Crippen LogP contribution is -2.03. The number of hydrogen-bond donors (Lipinski definition) is 1. The summed E-state index contributed by atoms with van der Waals surface area (Å²) in [7, 11) is 0. The minimum absolute atomic E-state index is 0.266. The van der Waals surface area contributed by atoms with Gasteiger partial charge in [0.05, 0.1) is 0 Å². The van der Waals surface area contributed by atoms with E-state index in [2.05, 4.69) is 20.4 Å². The van der Waals surface area contributed by atoms with Crippen molar-refractivity contribution in [2.45, 2.75) is 13.5 Å². The number of anilines is 1. The van der Waals surface area contributed by atoms with Crippen LogP contribution in [0.1, 0.15) is 11.1 Å². The minimum atomic E-state index is -0.266. The molecular formula is C19H15FN4O. The zero-order valence-corrected chi connectivity index (χ0v) is 13.5. The van der Waals surface area contributed by atoms with Crippen LogP contribution < -0.4 is 5.32 Å². The third-order valence-electron chi connectivity index (χ3n) is 3.99. The van der Waals surface area contributed by atoms with Crippen molar-refractivity contribution in [3.05, 3.63) is 71.8 Å². The summed E-state index contributed by atoms with van der Waals surface area (Å²) in [5, 5.41) is 7.23.